The van der Waals surface area contributed by atoms with Crippen LogP contribution in [0.25, 0.3) is 5.69 Å². The maximum atomic E-state index is 12.1. The quantitative estimate of drug-likeness (QED) is 0.622. The summed E-state index contributed by atoms with van der Waals surface area (Å²) >= 11 is 6.00. The smallest absolute Gasteiger partial charge is 0.222 e. The molecule has 0 spiro atoms. The third-order valence-corrected chi connectivity index (χ3v) is 4.21. The summed E-state index contributed by atoms with van der Waals surface area (Å²) in [6.45, 7) is 0.915. The molecule has 0 fully saturated rings. The van der Waals surface area contributed by atoms with E-state index in [-0.39, 0.29) is 5.91 Å². The molecule has 2 N–H and O–H groups in total. The average molecular weight is 385 g/mol. The SMILES string of the molecule is COc1ccc(Cl)cc1NCCC(=O)NCc1cnn(-c2ccccc2)c1. The van der Waals surface area contributed by atoms with Crippen LogP contribution in [-0.2, 0) is 11.3 Å². The van der Waals surface area contributed by atoms with Crippen molar-refractivity contribution >= 4 is 23.2 Å². The fourth-order valence-corrected chi connectivity index (χ4v) is 2.76. The Morgan fingerprint density at radius 1 is 1.22 bits per heavy atom. The summed E-state index contributed by atoms with van der Waals surface area (Å²) in [6, 6.07) is 15.2. The molecule has 0 saturated heterocycles. The van der Waals surface area contributed by atoms with Gasteiger partial charge in [0.25, 0.3) is 0 Å². The lowest BCUT2D eigenvalue weighted by molar-refractivity contribution is -0.121. The molecule has 0 saturated carbocycles. The molecule has 0 radical (unpaired) electrons. The predicted molar refractivity (Wildman–Crippen MR) is 107 cm³/mol. The first-order valence-electron chi connectivity index (χ1n) is 8.59. The van der Waals surface area contributed by atoms with Gasteiger partial charge in [-0.15, -0.1) is 0 Å². The van der Waals surface area contributed by atoms with Crippen LogP contribution in [0.2, 0.25) is 5.02 Å². The minimum absolute atomic E-state index is 0.0454. The standard InChI is InChI=1S/C20H21ClN4O2/c1-27-19-8-7-16(21)11-18(19)22-10-9-20(26)23-12-15-13-24-25(14-15)17-5-3-2-4-6-17/h2-8,11,13-14,22H,9-10,12H2,1H3,(H,23,26). The van der Waals surface area contributed by atoms with E-state index in [4.69, 9.17) is 16.3 Å². The number of methoxy groups -OCH3 is 1. The van der Waals surface area contributed by atoms with Gasteiger partial charge < -0.3 is 15.4 Å². The Kier molecular flexibility index (Phi) is 6.33. The number of anilines is 1. The van der Waals surface area contributed by atoms with Crippen molar-refractivity contribution in [3.8, 4) is 11.4 Å². The zero-order valence-corrected chi connectivity index (χ0v) is 15.7. The molecule has 1 aromatic heterocycles. The highest BCUT2D eigenvalue weighted by Crippen LogP contribution is 2.27. The Balaban J connectivity index is 1.45. The second-order valence-corrected chi connectivity index (χ2v) is 6.36. The summed E-state index contributed by atoms with van der Waals surface area (Å²) in [5, 5.41) is 11.0. The molecule has 0 aliphatic heterocycles. The molecule has 7 heteroatoms. The van der Waals surface area contributed by atoms with E-state index in [0.29, 0.717) is 30.3 Å². The van der Waals surface area contributed by atoms with Gasteiger partial charge in [0.15, 0.2) is 0 Å². The fourth-order valence-electron chi connectivity index (χ4n) is 2.59. The van der Waals surface area contributed by atoms with E-state index >= 15 is 0 Å². The summed E-state index contributed by atoms with van der Waals surface area (Å²) in [7, 11) is 1.59. The molecule has 27 heavy (non-hydrogen) atoms. The van der Waals surface area contributed by atoms with Gasteiger partial charge in [0, 0.05) is 36.3 Å². The van der Waals surface area contributed by atoms with Crippen molar-refractivity contribution in [1.82, 2.24) is 15.1 Å². The molecule has 0 bridgehead atoms. The van der Waals surface area contributed by atoms with Gasteiger partial charge >= 0.3 is 0 Å². The Bertz CT molecular complexity index is 896. The van der Waals surface area contributed by atoms with Crippen LogP contribution in [0.15, 0.2) is 60.9 Å². The number of halogens is 1. The number of rotatable bonds is 8. The predicted octanol–water partition coefficient (Wildman–Crippen LogP) is 3.65. The lowest BCUT2D eigenvalue weighted by atomic mass is 10.2. The Hall–Kier alpha value is -2.99. The van der Waals surface area contributed by atoms with Crippen LogP contribution < -0.4 is 15.4 Å². The molecule has 1 amide bonds. The van der Waals surface area contributed by atoms with E-state index in [9.17, 15) is 4.79 Å². The van der Waals surface area contributed by atoms with Gasteiger partial charge in [0.05, 0.1) is 24.7 Å². The van der Waals surface area contributed by atoms with Crippen LogP contribution in [0.5, 0.6) is 5.75 Å². The zero-order chi connectivity index (χ0) is 19.1. The van der Waals surface area contributed by atoms with Crippen molar-refractivity contribution in [2.45, 2.75) is 13.0 Å². The van der Waals surface area contributed by atoms with Crippen LogP contribution in [0, 0.1) is 0 Å². The first kappa shape index (κ1) is 18.8. The van der Waals surface area contributed by atoms with E-state index in [1.54, 1.807) is 36.2 Å². The Morgan fingerprint density at radius 2 is 2.04 bits per heavy atom. The number of nitrogens with zero attached hydrogens (tertiary/aromatic N) is 2. The molecule has 6 nitrogen and oxygen atoms in total. The average Bonchev–Trinajstić information content (AvgIpc) is 3.16. The van der Waals surface area contributed by atoms with Crippen molar-refractivity contribution in [1.29, 1.82) is 0 Å². The number of benzene rings is 2. The van der Waals surface area contributed by atoms with Crippen molar-refractivity contribution in [3.05, 3.63) is 71.5 Å². The number of hydrogen-bond donors (Lipinski definition) is 2. The van der Waals surface area contributed by atoms with Gasteiger partial charge in [-0.1, -0.05) is 29.8 Å². The van der Waals surface area contributed by atoms with E-state index in [1.807, 2.05) is 36.5 Å². The molecule has 3 rings (SSSR count). The molecule has 0 atom stereocenters. The molecular weight excluding hydrogens is 364 g/mol. The molecule has 0 aliphatic carbocycles. The number of aromatic nitrogens is 2. The summed E-state index contributed by atoms with van der Waals surface area (Å²) in [5.74, 6) is 0.643. The number of hydrogen-bond acceptors (Lipinski definition) is 4. The molecule has 140 valence electrons. The molecule has 3 aromatic rings. The third kappa shape index (κ3) is 5.24. The van der Waals surface area contributed by atoms with Crippen LogP contribution in [0.4, 0.5) is 5.69 Å². The molecule has 0 unspecified atom stereocenters. The van der Waals surface area contributed by atoms with Gasteiger partial charge in [-0.3, -0.25) is 4.79 Å². The Labute approximate surface area is 163 Å². The van der Waals surface area contributed by atoms with Gasteiger partial charge in [-0.05, 0) is 30.3 Å². The Morgan fingerprint density at radius 3 is 2.81 bits per heavy atom. The molecule has 0 aliphatic rings. The van der Waals surface area contributed by atoms with Crippen LogP contribution >= 0.6 is 11.6 Å². The summed E-state index contributed by atoms with van der Waals surface area (Å²) in [6.07, 6.45) is 4.00. The van der Waals surface area contributed by atoms with Crippen LogP contribution in [-0.4, -0.2) is 29.3 Å². The summed E-state index contributed by atoms with van der Waals surface area (Å²) in [5.41, 5.74) is 2.69. The van der Waals surface area contributed by atoms with Gasteiger partial charge in [-0.2, -0.15) is 5.10 Å². The highest BCUT2D eigenvalue weighted by molar-refractivity contribution is 6.30. The molecule has 1 heterocycles. The second-order valence-electron chi connectivity index (χ2n) is 5.93. The number of nitrogens with one attached hydrogen (secondary N) is 2. The van der Waals surface area contributed by atoms with E-state index in [2.05, 4.69) is 15.7 Å². The number of carbonyl (C=O) groups excluding carboxylic acids is 1. The van der Waals surface area contributed by atoms with Crippen LogP contribution in [0.1, 0.15) is 12.0 Å². The molecular formula is C20H21ClN4O2. The summed E-state index contributed by atoms with van der Waals surface area (Å²) in [4.78, 5) is 12.1. The van der Waals surface area contributed by atoms with Gasteiger partial charge in [0.1, 0.15) is 5.75 Å². The maximum Gasteiger partial charge on any atom is 0.222 e. The van der Waals surface area contributed by atoms with Crippen molar-refractivity contribution in [2.24, 2.45) is 0 Å². The number of amides is 1. The van der Waals surface area contributed by atoms with Crippen LogP contribution in [0.3, 0.4) is 0 Å². The zero-order valence-electron chi connectivity index (χ0n) is 15.0. The largest absolute Gasteiger partial charge is 0.495 e. The van der Waals surface area contributed by atoms with Crippen molar-refractivity contribution < 1.29 is 9.53 Å². The monoisotopic (exact) mass is 384 g/mol. The van der Waals surface area contributed by atoms with E-state index < -0.39 is 0 Å². The van der Waals surface area contributed by atoms with E-state index in [1.165, 1.54) is 0 Å². The highest BCUT2D eigenvalue weighted by Gasteiger charge is 2.06. The normalized spacial score (nSPS) is 10.4. The first-order chi connectivity index (χ1) is 13.2. The topological polar surface area (TPSA) is 68.2 Å². The first-order valence-corrected chi connectivity index (χ1v) is 8.96. The van der Waals surface area contributed by atoms with Gasteiger partial charge in [0.2, 0.25) is 5.91 Å². The third-order valence-electron chi connectivity index (χ3n) is 3.98. The highest BCUT2D eigenvalue weighted by atomic mass is 35.5. The van der Waals surface area contributed by atoms with Crippen molar-refractivity contribution in [3.63, 3.8) is 0 Å². The second kappa shape index (κ2) is 9.09. The number of para-hydroxylation sites is 1. The lowest BCUT2D eigenvalue weighted by Crippen LogP contribution is -2.24. The minimum Gasteiger partial charge on any atom is -0.495 e. The number of carbonyl (C=O) groups is 1. The fraction of sp³-hybridized carbons (Fsp3) is 0.200. The van der Waals surface area contributed by atoms with E-state index in [0.717, 1.165) is 16.9 Å². The minimum atomic E-state index is -0.0454. The lowest BCUT2D eigenvalue weighted by Gasteiger charge is -2.11. The van der Waals surface area contributed by atoms with Gasteiger partial charge in [-0.25, -0.2) is 4.68 Å². The maximum absolute atomic E-state index is 12.1. The van der Waals surface area contributed by atoms with Crippen molar-refractivity contribution in [2.75, 3.05) is 19.0 Å². The summed E-state index contributed by atoms with van der Waals surface area (Å²) < 4.78 is 7.06. The number of ether oxygens (including phenoxy) is 1. The molecule has 2 aromatic carbocycles.